The Morgan fingerprint density at radius 1 is 1.35 bits per heavy atom. The molecule has 3 N–H and O–H groups in total. The second-order valence-corrected chi connectivity index (χ2v) is 4.94. The molecule has 110 valence electrons. The molecular weight excluding hydrogens is 282 g/mol. The molecule has 2 amide bonds. The molecule has 1 rings (SSSR count). The van der Waals surface area contributed by atoms with Crippen LogP contribution in [0.5, 0.6) is 0 Å². The standard InChI is InChI=1S/C13H18ClN3O3/c1-17(2)7-3-6-15-13(20)16-11-8-9(12(18)19)4-5-10(11)14/h4-5,8H,3,6-7H2,1-2H3,(H,18,19)(H2,15,16,20). The second-order valence-electron chi connectivity index (χ2n) is 4.54. The molecule has 0 radical (unpaired) electrons. The van der Waals surface area contributed by atoms with Crippen LogP contribution in [-0.4, -0.2) is 49.2 Å². The molecule has 20 heavy (non-hydrogen) atoms. The van der Waals surface area contributed by atoms with Crippen molar-refractivity contribution in [3.63, 3.8) is 0 Å². The molecule has 6 nitrogen and oxygen atoms in total. The minimum absolute atomic E-state index is 0.0670. The van der Waals surface area contributed by atoms with Gasteiger partial charge in [0.25, 0.3) is 0 Å². The Morgan fingerprint density at radius 3 is 2.65 bits per heavy atom. The summed E-state index contributed by atoms with van der Waals surface area (Å²) >= 11 is 5.91. The molecule has 0 bridgehead atoms. The van der Waals surface area contributed by atoms with Gasteiger partial charge in [-0.05, 0) is 45.3 Å². The molecule has 1 aromatic carbocycles. The van der Waals surface area contributed by atoms with E-state index in [1.807, 2.05) is 19.0 Å². The summed E-state index contributed by atoms with van der Waals surface area (Å²) in [5, 5.41) is 14.4. The van der Waals surface area contributed by atoms with Crippen molar-refractivity contribution >= 4 is 29.3 Å². The van der Waals surface area contributed by atoms with Crippen molar-refractivity contribution in [1.82, 2.24) is 10.2 Å². The number of amides is 2. The lowest BCUT2D eigenvalue weighted by Gasteiger charge is -2.11. The van der Waals surface area contributed by atoms with E-state index in [-0.39, 0.29) is 11.3 Å². The van der Waals surface area contributed by atoms with Gasteiger partial charge < -0.3 is 20.6 Å². The van der Waals surface area contributed by atoms with Gasteiger partial charge in [0.15, 0.2) is 0 Å². The molecule has 0 atom stereocenters. The fraction of sp³-hybridized carbons (Fsp3) is 0.385. The summed E-state index contributed by atoms with van der Waals surface area (Å²) in [6.45, 7) is 1.40. The van der Waals surface area contributed by atoms with Gasteiger partial charge in [-0.15, -0.1) is 0 Å². The highest BCUT2D eigenvalue weighted by Gasteiger charge is 2.09. The third kappa shape index (κ3) is 5.46. The smallest absolute Gasteiger partial charge is 0.335 e. The highest BCUT2D eigenvalue weighted by Crippen LogP contribution is 2.22. The number of carboxylic acid groups (broad SMARTS) is 1. The lowest BCUT2D eigenvalue weighted by Crippen LogP contribution is -2.31. The summed E-state index contributed by atoms with van der Waals surface area (Å²) in [6.07, 6.45) is 0.823. The highest BCUT2D eigenvalue weighted by molar-refractivity contribution is 6.33. The molecule has 0 heterocycles. The molecule has 0 saturated carbocycles. The summed E-state index contributed by atoms with van der Waals surface area (Å²) in [5.74, 6) is -1.07. The van der Waals surface area contributed by atoms with Crippen LogP contribution in [0.3, 0.4) is 0 Å². The number of hydrogen-bond donors (Lipinski definition) is 3. The largest absolute Gasteiger partial charge is 0.478 e. The van der Waals surface area contributed by atoms with Crippen molar-refractivity contribution in [2.24, 2.45) is 0 Å². The Hall–Kier alpha value is -1.79. The molecular formula is C13H18ClN3O3. The second kappa shape index (κ2) is 7.72. The van der Waals surface area contributed by atoms with Crippen molar-refractivity contribution < 1.29 is 14.7 Å². The SMILES string of the molecule is CN(C)CCCNC(=O)Nc1cc(C(=O)O)ccc1Cl. The van der Waals surface area contributed by atoms with Crippen LogP contribution >= 0.6 is 11.6 Å². The molecule has 0 aliphatic heterocycles. The molecule has 0 fully saturated rings. The van der Waals surface area contributed by atoms with Gasteiger partial charge in [-0.3, -0.25) is 0 Å². The minimum atomic E-state index is -1.07. The molecule has 0 unspecified atom stereocenters. The molecule has 0 aliphatic carbocycles. The summed E-state index contributed by atoms with van der Waals surface area (Å²) in [4.78, 5) is 24.5. The number of aromatic carboxylic acids is 1. The summed E-state index contributed by atoms with van der Waals surface area (Å²) < 4.78 is 0. The van der Waals surface area contributed by atoms with E-state index in [4.69, 9.17) is 16.7 Å². The first-order valence-corrected chi connectivity index (χ1v) is 6.50. The summed E-state index contributed by atoms with van der Waals surface area (Å²) in [7, 11) is 3.91. The molecule has 0 saturated heterocycles. The number of rotatable bonds is 6. The third-order valence-electron chi connectivity index (χ3n) is 2.53. The molecule has 1 aromatic rings. The van der Waals surface area contributed by atoms with Gasteiger partial charge in [-0.1, -0.05) is 11.6 Å². The Balaban J connectivity index is 2.53. The first-order valence-electron chi connectivity index (χ1n) is 6.12. The zero-order chi connectivity index (χ0) is 15.1. The van der Waals surface area contributed by atoms with Crippen molar-refractivity contribution in [1.29, 1.82) is 0 Å². The van der Waals surface area contributed by atoms with E-state index in [1.165, 1.54) is 18.2 Å². The Bertz CT molecular complexity index is 492. The van der Waals surface area contributed by atoms with Gasteiger partial charge in [0.05, 0.1) is 16.3 Å². The summed E-state index contributed by atoms with van der Waals surface area (Å²) in [6, 6.07) is 3.73. The topological polar surface area (TPSA) is 81.7 Å². The fourth-order valence-corrected chi connectivity index (χ4v) is 1.68. The van der Waals surface area contributed by atoms with Crippen molar-refractivity contribution in [2.75, 3.05) is 32.5 Å². The van der Waals surface area contributed by atoms with E-state index >= 15 is 0 Å². The number of benzene rings is 1. The maximum absolute atomic E-state index is 11.6. The Kier molecular flexibility index (Phi) is 6.27. The Labute approximate surface area is 122 Å². The zero-order valence-corrected chi connectivity index (χ0v) is 12.2. The molecule has 0 aromatic heterocycles. The number of carboxylic acids is 1. The van der Waals surface area contributed by atoms with Crippen LogP contribution in [0.25, 0.3) is 0 Å². The lowest BCUT2D eigenvalue weighted by atomic mass is 10.2. The monoisotopic (exact) mass is 299 g/mol. The normalized spacial score (nSPS) is 10.4. The van der Waals surface area contributed by atoms with Crippen LogP contribution < -0.4 is 10.6 Å². The minimum Gasteiger partial charge on any atom is -0.478 e. The first-order chi connectivity index (χ1) is 9.40. The van der Waals surface area contributed by atoms with Gasteiger partial charge in [0, 0.05) is 6.54 Å². The molecule has 0 aliphatic rings. The van der Waals surface area contributed by atoms with Gasteiger partial charge >= 0.3 is 12.0 Å². The van der Waals surface area contributed by atoms with E-state index < -0.39 is 12.0 Å². The number of nitrogens with zero attached hydrogens (tertiary/aromatic N) is 1. The van der Waals surface area contributed by atoms with Crippen LogP contribution in [0.2, 0.25) is 5.02 Å². The predicted molar refractivity (Wildman–Crippen MR) is 78.6 cm³/mol. The first kappa shape index (κ1) is 16.3. The fourth-order valence-electron chi connectivity index (χ4n) is 1.52. The number of hydrogen-bond acceptors (Lipinski definition) is 3. The number of carbonyl (C=O) groups excluding carboxylic acids is 1. The average molecular weight is 300 g/mol. The number of halogens is 1. The van der Waals surface area contributed by atoms with Crippen LogP contribution in [0.1, 0.15) is 16.8 Å². The molecule has 0 spiro atoms. The zero-order valence-electron chi connectivity index (χ0n) is 11.4. The molecule has 7 heteroatoms. The van der Waals surface area contributed by atoms with E-state index in [1.54, 1.807) is 0 Å². The van der Waals surface area contributed by atoms with Crippen LogP contribution in [-0.2, 0) is 0 Å². The number of carbonyl (C=O) groups is 2. The van der Waals surface area contributed by atoms with E-state index in [0.29, 0.717) is 11.6 Å². The van der Waals surface area contributed by atoms with Crippen LogP contribution in [0.15, 0.2) is 18.2 Å². The van der Waals surface area contributed by atoms with Gasteiger partial charge in [-0.2, -0.15) is 0 Å². The van der Waals surface area contributed by atoms with Crippen molar-refractivity contribution in [3.05, 3.63) is 28.8 Å². The van der Waals surface area contributed by atoms with Crippen LogP contribution in [0, 0.1) is 0 Å². The summed E-state index contributed by atoms with van der Waals surface area (Å²) in [5.41, 5.74) is 0.342. The number of urea groups is 1. The van der Waals surface area contributed by atoms with Crippen molar-refractivity contribution in [2.45, 2.75) is 6.42 Å². The predicted octanol–water partition coefficient (Wildman–Crippen LogP) is 2.11. The number of anilines is 1. The third-order valence-corrected chi connectivity index (χ3v) is 2.86. The maximum Gasteiger partial charge on any atom is 0.335 e. The van der Waals surface area contributed by atoms with Crippen LogP contribution in [0.4, 0.5) is 10.5 Å². The quantitative estimate of drug-likeness (QED) is 0.703. The Morgan fingerprint density at radius 2 is 2.05 bits per heavy atom. The van der Waals surface area contributed by atoms with E-state index in [2.05, 4.69) is 10.6 Å². The highest BCUT2D eigenvalue weighted by atomic mass is 35.5. The van der Waals surface area contributed by atoms with Gasteiger partial charge in [0.1, 0.15) is 0 Å². The average Bonchev–Trinajstić information content (AvgIpc) is 2.37. The maximum atomic E-state index is 11.6. The van der Waals surface area contributed by atoms with Crippen molar-refractivity contribution in [3.8, 4) is 0 Å². The number of nitrogens with one attached hydrogen (secondary N) is 2. The lowest BCUT2D eigenvalue weighted by molar-refractivity contribution is 0.0697. The van der Waals surface area contributed by atoms with Gasteiger partial charge in [-0.25, -0.2) is 9.59 Å². The van der Waals surface area contributed by atoms with E-state index in [9.17, 15) is 9.59 Å². The van der Waals surface area contributed by atoms with E-state index in [0.717, 1.165) is 13.0 Å². The van der Waals surface area contributed by atoms with Gasteiger partial charge in [0.2, 0.25) is 0 Å².